The molecule has 0 saturated heterocycles. The lowest BCUT2D eigenvalue weighted by Crippen LogP contribution is -2.37. The highest BCUT2D eigenvalue weighted by Crippen LogP contribution is 2.38. The van der Waals surface area contributed by atoms with Gasteiger partial charge in [0.05, 0.1) is 27.7 Å². The van der Waals surface area contributed by atoms with Crippen molar-refractivity contribution in [2.75, 3.05) is 47.5 Å². The van der Waals surface area contributed by atoms with Gasteiger partial charge in [0.25, 0.3) is 7.82 Å². The fraction of sp³-hybridized carbons (Fsp3) is 0.800. The van der Waals surface area contributed by atoms with Crippen LogP contribution in [0, 0.1) is 0 Å². The summed E-state index contributed by atoms with van der Waals surface area (Å²) in [7, 11) is 1.17. The predicted octanol–water partition coefficient (Wildman–Crippen LogP) is 24.6. The van der Waals surface area contributed by atoms with Crippen molar-refractivity contribution in [1.82, 2.24) is 0 Å². The molecule has 524 valence electrons. The van der Waals surface area contributed by atoms with E-state index in [1.54, 1.807) is 0 Å². The molecule has 0 saturated carbocycles. The minimum atomic E-state index is -4.65. The number of ether oxygens (including phenoxy) is 2. The first-order valence-electron chi connectivity index (χ1n) is 38.3. The number of hydrogen-bond donors (Lipinski definition) is 0. The van der Waals surface area contributed by atoms with Crippen molar-refractivity contribution in [1.29, 1.82) is 0 Å². The molecule has 0 aliphatic heterocycles. The van der Waals surface area contributed by atoms with Crippen molar-refractivity contribution < 1.29 is 42.1 Å². The standard InChI is InChI=1S/C80H146NO8P/c1-6-8-10-12-14-16-18-20-22-24-26-28-30-32-34-35-36-37-38-39-40-41-42-43-44-45-47-48-50-52-54-56-58-60-62-64-66-68-70-72-79(82)86-76-78(77-88-90(84,85)87-75-74-81(3,4)5)89-80(83)73-71-69-67-65-63-61-59-57-55-53-51-49-46-33-31-29-27-25-23-21-19-17-15-13-11-9-7-2/h9,11,15,17-18,20-21,23-24,26-27,29,33,46,78H,6-8,10,12-14,16,19,22,25,28,30-32,34-45,47-77H2,1-5H3/b11-9-,17-15-,20-18-,23-21-,26-24-,29-27-,46-33-. The Morgan fingerprint density at radius 2 is 0.633 bits per heavy atom. The predicted molar refractivity (Wildman–Crippen MR) is 388 cm³/mol. The van der Waals surface area contributed by atoms with Gasteiger partial charge in [-0.15, -0.1) is 0 Å². The van der Waals surface area contributed by atoms with Gasteiger partial charge in [-0.05, 0) is 89.9 Å². The molecule has 0 heterocycles. The molecular weight excluding hydrogens is 1130 g/mol. The highest BCUT2D eigenvalue weighted by atomic mass is 31.2. The lowest BCUT2D eigenvalue weighted by atomic mass is 10.0. The molecule has 0 aromatic heterocycles. The summed E-state index contributed by atoms with van der Waals surface area (Å²) in [6.07, 6.45) is 97.0. The largest absolute Gasteiger partial charge is 0.756 e. The van der Waals surface area contributed by atoms with E-state index in [-0.39, 0.29) is 32.0 Å². The van der Waals surface area contributed by atoms with E-state index in [9.17, 15) is 19.0 Å². The van der Waals surface area contributed by atoms with Crippen molar-refractivity contribution in [3.8, 4) is 0 Å². The zero-order chi connectivity index (χ0) is 65.5. The molecule has 0 N–H and O–H groups in total. The Hall–Kier alpha value is -2.81. The summed E-state index contributed by atoms with van der Waals surface area (Å²) in [6, 6.07) is 0. The maximum atomic E-state index is 12.9. The SMILES string of the molecule is CC/C=C\C/C=C\C/C=C\C/C=C\C/C=C\CCCCCCCCCCCCCC(=O)OC(COC(=O)CCCCCCCCCCCCCCCCCCCCCCCCCCCCC/C=C\C/C=C\CCCCCCC)COP(=O)([O-])OCC[N+](C)(C)C. The number of allylic oxidation sites excluding steroid dienone is 14. The number of carbonyl (C=O) groups is 2. The van der Waals surface area contributed by atoms with Crippen LogP contribution in [0.5, 0.6) is 0 Å². The van der Waals surface area contributed by atoms with Crippen LogP contribution in [0.1, 0.15) is 361 Å². The van der Waals surface area contributed by atoms with Crippen LogP contribution in [-0.2, 0) is 32.7 Å². The monoisotopic (exact) mass is 1280 g/mol. The smallest absolute Gasteiger partial charge is 0.306 e. The average molecular weight is 1280 g/mol. The van der Waals surface area contributed by atoms with Crippen molar-refractivity contribution >= 4 is 19.8 Å². The summed E-state index contributed by atoms with van der Waals surface area (Å²) in [5.74, 6) is -0.824. The van der Waals surface area contributed by atoms with Gasteiger partial charge in [-0.1, -0.05) is 343 Å². The van der Waals surface area contributed by atoms with Crippen molar-refractivity contribution in [2.45, 2.75) is 367 Å². The Labute approximate surface area is 558 Å². The second-order valence-corrected chi connectivity index (χ2v) is 28.4. The molecule has 0 aromatic rings. The lowest BCUT2D eigenvalue weighted by molar-refractivity contribution is -0.870. The first-order valence-corrected chi connectivity index (χ1v) is 39.8. The van der Waals surface area contributed by atoms with Gasteiger partial charge in [-0.25, -0.2) is 0 Å². The van der Waals surface area contributed by atoms with E-state index < -0.39 is 26.5 Å². The number of likely N-dealkylation sites (N-methyl/N-ethyl adjacent to an activating group) is 1. The molecule has 2 unspecified atom stereocenters. The highest BCUT2D eigenvalue weighted by Gasteiger charge is 2.22. The number of phosphoric ester groups is 1. The molecule has 0 fully saturated rings. The molecule has 10 heteroatoms. The van der Waals surface area contributed by atoms with Crippen LogP contribution < -0.4 is 4.89 Å². The number of quaternary nitrogens is 1. The highest BCUT2D eigenvalue weighted by molar-refractivity contribution is 7.45. The Bertz CT molecular complexity index is 1800. The first kappa shape index (κ1) is 87.2. The minimum Gasteiger partial charge on any atom is -0.756 e. The number of hydrogen-bond acceptors (Lipinski definition) is 8. The van der Waals surface area contributed by atoms with E-state index in [4.69, 9.17) is 18.5 Å². The van der Waals surface area contributed by atoms with Gasteiger partial charge in [0, 0.05) is 12.8 Å². The zero-order valence-electron chi connectivity index (χ0n) is 59.8. The Morgan fingerprint density at radius 1 is 0.356 bits per heavy atom. The van der Waals surface area contributed by atoms with Gasteiger partial charge >= 0.3 is 11.9 Å². The summed E-state index contributed by atoms with van der Waals surface area (Å²) < 4.78 is 34.4. The van der Waals surface area contributed by atoms with Crippen LogP contribution in [0.2, 0.25) is 0 Å². The number of carbonyl (C=O) groups excluding carboxylic acids is 2. The number of unbranched alkanes of at least 4 members (excludes halogenated alkanes) is 43. The molecule has 0 aromatic carbocycles. The number of rotatable bonds is 71. The van der Waals surface area contributed by atoms with Crippen LogP contribution in [0.25, 0.3) is 0 Å². The Morgan fingerprint density at radius 3 is 0.944 bits per heavy atom. The van der Waals surface area contributed by atoms with Crippen molar-refractivity contribution in [3.63, 3.8) is 0 Å². The van der Waals surface area contributed by atoms with Gasteiger partial charge in [0.1, 0.15) is 19.8 Å². The molecule has 0 rings (SSSR count). The molecule has 0 aliphatic rings. The Kier molecular flexibility index (Phi) is 68.3. The quantitative estimate of drug-likeness (QED) is 0.0195. The molecule has 0 bridgehead atoms. The van der Waals surface area contributed by atoms with E-state index in [1.165, 1.54) is 244 Å². The molecule has 2 atom stereocenters. The normalized spacial score (nSPS) is 13.5. The van der Waals surface area contributed by atoms with E-state index in [2.05, 4.69) is 98.9 Å². The van der Waals surface area contributed by atoms with E-state index in [0.29, 0.717) is 17.4 Å². The van der Waals surface area contributed by atoms with Crippen LogP contribution in [0.3, 0.4) is 0 Å². The van der Waals surface area contributed by atoms with Crippen LogP contribution in [0.15, 0.2) is 85.1 Å². The molecule has 0 radical (unpaired) electrons. The zero-order valence-corrected chi connectivity index (χ0v) is 60.7. The fourth-order valence-electron chi connectivity index (χ4n) is 11.1. The van der Waals surface area contributed by atoms with Crippen molar-refractivity contribution in [3.05, 3.63) is 85.1 Å². The third-order valence-corrected chi connectivity index (χ3v) is 17.9. The van der Waals surface area contributed by atoms with Gasteiger partial charge in [-0.2, -0.15) is 0 Å². The second-order valence-electron chi connectivity index (χ2n) is 27.0. The molecule has 0 amide bonds. The molecule has 9 nitrogen and oxygen atoms in total. The molecule has 0 spiro atoms. The summed E-state index contributed by atoms with van der Waals surface area (Å²) in [6.45, 7) is 4.16. The van der Waals surface area contributed by atoms with Crippen molar-refractivity contribution in [2.24, 2.45) is 0 Å². The maximum Gasteiger partial charge on any atom is 0.306 e. The first-order chi connectivity index (χ1) is 44.0. The van der Waals surface area contributed by atoms with Gasteiger partial charge in [0.15, 0.2) is 6.10 Å². The minimum absolute atomic E-state index is 0.0324. The van der Waals surface area contributed by atoms with Crippen LogP contribution in [-0.4, -0.2) is 70.0 Å². The fourth-order valence-corrected chi connectivity index (χ4v) is 11.8. The van der Waals surface area contributed by atoms with Gasteiger partial charge < -0.3 is 27.9 Å². The summed E-state index contributed by atoms with van der Waals surface area (Å²) in [4.78, 5) is 38.1. The van der Waals surface area contributed by atoms with E-state index in [1.807, 2.05) is 21.1 Å². The van der Waals surface area contributed by atoms with E-state index >= 15 is 0 Å². The summed E-state index contributed by atoms with van der Waals surface area (Å²) >= 11 is 0. The summed E-state index contributed by atoms with van der Waals surface area (Å²) in [5, 5.41) is 0. The third-order valence-electron chi connectivity index (χ3n) is 16.9. The number of esters is 2. The third kappa shape index (κ3) is 74.2. The van der Waals surface area contributed by atoms with Gasteiger partial charge in [0.2, 0.25) is 0 Å². The maximum absolute atomic E-state index is 12.9. The molecular formula is C80H146NO8P. The number of nitrogens with zero attached hydrogens (tertiary/aromatic N) is 1. The van der Waals surface area contributed by atoms with E-state index in [0.717, 1.165) is 83.5 Å². The average Bonchev–Trinajstić information content (AvgIpc) is 3.61. The Balaban J connectivity index is 3.93. The lowest BCUT2D eigenvalue weighted by Gasteiger charge is -2.28. The second kappa shape index (κ2) is 70.5. The topological polar surface area (TPSA) is 111 Å². The van der Waals surface area contributed by atoms with Gasteiger partial charge in [-0.3, -0.25) is 14.2 Å². The van der Waals surface area contributed by atoms with Crippen LogP contribution >= 0.6 is 7.82 Å². The molecule has 0 aliphatic carbocycles. The molecule has 90 heavy (non-hydrogen) atoms. The van der Waals surface area contributed by atoms with Crippen LogP contribution in [0.4, 0.5) is 0 Å². The summed E-state index contributed by atoms with van der Waals surface area (Å²) in [5.41, 5.74) is 0. The number of phosphoric acid groups is 1.